The Balaban J connectivity index is 2.17. The third kappa shape index (κ3) is 3.24. The van der Waals surface area contributed by atoms with Crippen molar-refractivity contribution in [1.29, 1.82) is 0 Å². The lowest BCUT2D eigenvalue weighted by Gasteiger charge is -2.02. The molecule has 1 aromatic carbocycles. The smallest absolute Gasteiger partial charge is 0.168 e. The highest BCUT2D eigenvalue weighted by Crippen LogP contribution is 2.13. The summed E-state index contributed by atoms with van der Waals surface area (Å²) in [6.07, 6.45) is 0.345. The van der Waals surface area contributed by atoms with Crippen molar-refractivity contribution in [3.63, 3.8) is 0 Å². The van der Waals surface area contributed by atoms with Gasteiger partial charge in [0.05, 0.1) is 6.42 Å². The van der Waals surface area contributed by atoms with E-state index in [4.69, 9.17) is 0 Å². The summed E-state index contributed by atoms with van der Waals surface area (Å²) in [6.45, 7) is 1.92. The molecule has 86 valence electrons. The summed E-state index contributed by atoms with van der Waals surface area (Å²) in [7, 11) is 0. The normalized spacial score (nSPS) is 10.2. The molecule has 0 saturated heterocycles. The van der Waals surface area contributed by atoms with Crippen molar-refractivity contribution >= 4 is 21.7 Å². The van der Waals surface area contributed by atoms with Crippen LogP contribution in [0.4, 0.5) is 0 Å². The molecule has 0 saturated carbocycles. The number of hydrogen-bond donors (Lipinski definition) is 0. The Bertz CT molecular complexity index is 551. The maximum atomic E-state index is 12.0. The van der Waals surface area contributed by atoms with Crippen LogP contribution < -0.4 is 0 Å². The summed E-state index contributed by atoms with van der Waals surface area (Å²) >= 11 is 3.36. The summed E-state index contributed by atoms with van der Waals surface area (Å²) in [5, 5.41) is 0. The zero-order valence-electron chi connectivity index (χ0n) is 9.48. The van der Waals surface area contributed by atoms with E-state index in [-0.39, 0.29) is 5.78 Å². The summed E-state index contributed by atoms with van der Waals surface area (Å²) in [6, 6.07) is 13.1. The Morgan fingerprint density at radius 3 is 2.71 bits per heavy atom. The first kappa shape index (κ1) is 12.0. The predicted octanol–water partition coefficient (Wildman–Crippen LogP) is 3.58. The average molecular weight is 290 g/mol. The Morgan fingerprint density at radius 1 is 1.24 bits per heavy atom. The number of carbonyl (C=O) groups excluding carboxylic acids is 1. The number of halogens is 1. The Morgan fingerprint density at radius 2 is 2.00 bits per heavy atom. The van der Waals surface area contributed by atoms with Gasteiger partial charge in [0.1, 0.15) is 0 Å². The van der Waals surface area contributed by atoms with Gasteiger partial charge >= 0.3 is 0 Å². The van der Waals surface area contributed by atoms with E-state index in [1.54, 1.807) is 0 Å². The van der Waals surface area contributed by atoms with Crippen LogP contribution in [0.15, 0.2) is 46.9 Å². The lowest BCUT2D eigenvalue weighted by molar-refractivity contribution is 0.0992. The molecule has 1 aromatic heterocycles. The molecule has 0 amide bonds. The Kier molecular flexibility index (Phi) is 3.69. The SMILES string of the molecule is Cc1cccc(CC(=O)c2cccc(Br)c2)n1. The second-order valence-electron chi connectivity index (χ2n) is 3.88. The van der Waals surface area contributed by atoms with E-state index in [9.17, 15) is 4.79 Å². The third-order valence-electron chi connectivity index (χ3n) is 2.43. The quantitative estimate of drug-likeness (QED) is 0.809. The van der Waals surface area contributed by atoms with Crippen molar-refractivity contribution in [2.24, 2.45) is 0 Å². The van der Waals surface area contributed by atoms with E-state index in [1.165, 1.54) is 0 Å². The lowest BCUT2D eigenvalue weighted by Crippen LogP contribution is -2.05. The fourth-order valence-electron chi connectivity index (χ4n) is 1.63. The van der Waals surface area contributed by atoms with Crippen molar-refractivity contribution in [2.45, 2.75) is 13.3 Å². The van der Waals surface area contributed by atoms with Crippen LogP contribution in [0.1, 0.15) is 21.7 Å². The van der Waals surface area contributed by atoms with Crippen LogP contribution in [0.5, 0.6) is 0 Å². The molecule has 0 unspecified atom stereocenters. The van der Waals surface area contributed by atoms with Crippen LogP contribution in [0, 0.1) is 6.92 Å². The van der Waals surface area contributed by atoms with Gasteiger partial charge in [-0.1, -0.05) is 34.1 Å². The second kappa shape index (κ2) is 5.23. The maximum Gasteiger partial charge on any atom is 0.168 e. The van der Waals surface area contributed by atoms with Gasteiger partial charge in [0, 0.05) is 21.4 Å². The molecule has 0 aliphatic carbocycles. The average Bonchev–Trinajstić information content (AvgIpc) is 2.29. The van der Waals surface area contributed by atoms with Gasteiger partial charge in [0.25, 0.3) is 0 Å². The van der Waals surface area contributed by atoms with E-state index in [0.717, 1.165) is 15.9 Å². The number of pyridine rings is 1. The van der Waals surface area contributed by atoms with Gasteiger partial charge in [-0.2, -0.15) is 0 Å². The monoisotopic (exact) mass is 289 g/mol. The van der Waals surface area contributed by atoms with Crippen LogP contribution >= 0.6 is 15.9 Å². The number of Topliss-reactive ketones (excluding diaryl/α,β-unsaturated/α-hetero) is 1. The molecule has 0 bridgehead atoms. The molecule has 0 spiro atoms. The first-order valence-electron chi connectivity index (χ1n) is 5.36. The van der Waals surface area contributed by atoms with Crippen molar-refractivity contribution in [1.82, 2.24) is 4.98 Å². The molecule has 0 fully saturated rings. The van der Waals surface area contributed by atoms with E-state index < -0.39 is 0 Å². The van der Waals surface area contributed by atoms with E-state index in [1.807, 2.05) is 49.4 Å². The maximum absolute atomic E-state index is 12.0. The standard InChI is InChI=1S/C14H12BrNO/c1-10-4-2-7-13(16-10)9-14(17)11-5-3-6-12(15)8-11/h2-8H,9H2,1H3. The van der Waals surface area contributed by atoms with Gasteiger partial charge in [-0.15, -0.1) is 0 Å². The molecule has 2 rings (SSSR count). The highest BCUT2D eigenvalue weighted by Gasteiger charge is 2.08. The first-order chi connectivity index (χ1) is 8.15. The fraction of sp³-hybridized carbons (Fsp3) is 0.143. The molecular weight excluding hydrogens is 278 g/mol. The van der Waals surface area contributed by atoms with Gasteiger partial charge in [-0.05, 0) is 31.2 Å². The van der Waals surface area contributed by atoms with Crippen molar-refractivity contribution < 1.29 is 4.79 Å². The topological polar surface area (TPSA) is 30.0 Å². The minimum absolute atomic E-state index is 0.0874. The van der Waals surface area contributed by atoms with Gasteiger partial charge in [-0.3, -0.25) is 9.78 Å². The van der Waals surface area contributed by atoms with Crippen LogP contribution in [0.2, 0.25) is 0 Å². The van der Waals surface area contributed by atoms with Crippen molar-refractivity contribution in [3.8, 4) is 0 Å². The molecule has 0 atom stereocenters. The van der Waals surface area contributed by atoms with Crippen molar-refractivity contribution in [3.05, 3.63) is 63.9 Å². The molecule has 17 heavy (non-hydrogen) atoms. The number of carbonyl (C=O) groups is 1. The molecule has 0 N–H and O–H groups in total. The Hall–Kier alpha value is -1.48. The highest BCUT2D eigenvalue weighted by atomic mass is 79.9. The van der Waals surface area contributed by atoms with Gasteiger partial charge < -0.3 is 0 Å². The number of hydrogen-bond acceptors (Lipinski definition) is 2. The first-order valence-corrected chi connectivity index (χ1v) is 6.16. The molecule has 2 aromatic rings. The minimum atomic E-state index is 0.0874. The van der Waals surface area contributed by atoms with Gasteiger partial charge in [-0.25, -0.2) is 0 Å². The predicted molar refractivity (Wildman–Crippen MR) is 71.2 cm³/mol. The zero-order valence-corrected chi connectivity index (χ0v) is 11.1. The molecular formula is C14H12BrNO. The number of nitrogens with zero attached hydrogens (tertiary/aromatic N) is 1. The summed E-state index contributed by atoms with van der Waals surface area (Å²) in [5.41, 5.74) is 2.46. The number of aryl methyl sites for hydroxylation is 1. The van der Waals surface area contributed by atoms with Gasteiger partial charge in [0.2, 0.25) is 0 Å². The summed E-state index contributed by atoms with van der Waals surface area (Å²) < 4.78 is 0.917. The van der Waals surface area contributed by atoms with Crippen LogP contribution in [-0.4, -0.2) is 10.8 Å². The third-order valence-corrected chi connectivity index (χ3v) is 2.93. The molecule has 3 heteroatoms. The molecule has 0 radical (unpaired) electrons. The zero-order chi connectivity index (χ0) is 12.3. The number of benzene rings is 1. The Labute approximate surface area is 109 Å². The summed E-state index contributed by atoms with van der Waals surface area (Å²) in [5.74, 6) is 0.0874. The highest BCUT2D eigenvalue weighted by molar-refractivity contribution is 9.10. The van der Waals surface area contributed by atoms with Crippen LogP contribution in [0.25, 0.3) is 0 Å². The van der Waals surface area contributed by atoms with Crippen molar-refractivity contribution in [2.75, 3.05) is 0 Å². The summed E-state index contributed by atoms with van der Waals surface area (Å²) in [4.78, 5) is 16.3. The minimum Gasteiger partial charge on any atom is -0.294 e. The van der Waals surface area contributed by atoms with E-state index >= 15 is 0 Å². The molecule has 1 heterocycles. The molecule has 0 aliphatic heterocycles. The second-order valence-corrected chi connectivity index (χ2v) is 4.80. The number of ketones is 1. The number of aromatic nitrogens is 1. The number of rotatable bonds is 3. The van der Waals surface area contributed by atoms with E-state index in [2.05, 4.69) is 20.9 Å². The van der Waals surface area contributed by atoms with Gasteiger partial charge in [0.15, 0.2) is 5.78 Å². The van der Waals surface area contributed by atoms with E-state index in [0.29, 0.717) is 12.0 Å². The van der Waals surface area contributed by atoms with Crippen LogP contribution in [-0.2, 0) is 6.42 Å². The molecule has 2 nitrogen and oxygen atoms in total. The fourth-order valence-corrected chi connectivity index (χ4v) is 2.03. The lowest BCUT2D eigenvalue weighted by atomic mass is 10.1. The molecule has 0 aliphatic rings. The van der Waals surface area contributed by atoms with Crippen LogP contribution in [0.3, 0.4) is 0 Å². The largest absolute Gasteiger partial charge is 0.294 e.